The maximum absolute atomic E-state index is 15.9. The number of anilines is 2. The lowest BCUT2D eigenvalue weighted by atomic mass is 10.0. The summed E-state index contributed by atoms with van der Waals surface area (Å²) in [5, 5.41) is 9.68. The predicted molar refractivity (Wildman–Crippen MR) is 141 cm³/mol. The number of rotatable bonds is 5. The van der Waals surface area contributed by atoms with Crippen LogP contribution in [0.5, 0.6) is 0 Å². The number of carbonyl (C=O) groups is 3. The summed E-state index contributed by atoms with van der Waals surface area (Å²) in [4.78, 5) is 51.8. The molecule has 2 amide bonds. The molecular weight excluding hydrogens is 507 g/mol. The second kappa shape index (κ2) is 9.11. The summed E-state index contributed by atoms with van der Waals surface area (Å²) >= 11 is 0. The van der Waals surface area contributed by atoms with Crippen molar-refractivity contribution < 1.29 is 28.6 Å². The molecule has 3 aliphatic rings. The van der Waals surface area contributed by atoms with Crippen molar-refractivity contribution in [2.75, 3.05) is 22.9 Å². The molecule has 1 atom stereocenters. The van der Waals surface area contributed by atoms with Gasteiger partial charge in [-0.25, -0.2) is 14.0 Å². The highest BCUT2D eigenvalue weighted by Crippen LogP contribution is 2.40. The molecule has 6 rings (SSSR count). The van der Waals surface area contributed by atoms with Gasteiger partial charge in [0.05, 0.1) is 23.1 Å². The Morgan fingerprint density at radius 3 is 2.59 bits per heavy atom. The standard InChI is InChI=1S/C28H27FN4O6/c1-14-23-20(32(17-6-7-17)12-19(25(23)34)27(36)37)10-21(24(14)29)31-8-2-3-15-9-18(5-4-16(15)11-31)33-13-22(26(30)35)39-28(33)38/h4-5,9-10,12,17,22H,2-3,6-8,11,13H2,1H3,(H2,30,35)(H,36,37)/t22-/m1/s1. The zero-order valence-corrected chi connectivity index (χ0v) is 21.3. The Kier molecular flexibility index (Phi) is 5.81. The molecule has 3 heterocycles. The minimum atomic E-state index is -1.32. The van der Waals surface area contributed by atoms with Gasteiger partial charge < -0.3 is 25.0 Å². The van der Waals surface area contributed by atoms with Crippen molar-refractivity contribution in [3.05, 3.63) is 68.8 Å². The van der Waals surface area contributed by atoms with Gasteiger partial charge in [0.1, 0.15) is 11.4 Å². The molecule has 3 N–H and O–H groups in total. The van der Waals surface area contributed by atoms with E-state index in [1.165, 1.54) is 18.0 Å². The van der Waals surface area contributed by atoms with Crippen molar-refractivity contribution in [3.63, 3.8) is 0 Å². The first-order valence-corrected chi connectivity index (χ1v) is 12.9. The van der Waals surface area contributed by atoms with Crippen LogP contribution in [0.1, 0.15) is 52.4 Å². The molecule has 10 nitrogen and oxygen atoms in total. The molecule has 0 radical (unpaired) electrons. The largest absolute Gasteiger partial charge is 0.477 e. The van der Waals surface area contributed by atoms with Crippen LogP contribution < -0.4 is 21.0 Å². The summed E-state index contributed by atoms with van der Waals surface area (Å²) in [5.74, 6) is -2.56. The van der Waals surface area contributed by atoms with Crippen molar-refractivity contribution in [2.24, 2.45) is 5.73 Å². The number of ether oxygens (including phenoxy) is 1. The molecule has 202 valence electrons. The van der Waals surface area contributed by atoms with E-state index in [0.717, 1.165) is 24.0 Å². The lowest BCUT2D eigenvalue weighted by molar-refractivity contribution is -0.124. The third-order valence-corrected chi connectivity index (χ3v) is 7.85. The van der Waals surface area contributed by atoms with E-state index in [2.05, 4.69) is 0 Å². The van der Waals surface area contributed by atoms with Gasteiger partial charge in [0.2, 0.25) is 5.43 Å². The molecule has 0 spiro atoms. The van der Waals surface area contributed by atoms with Crippen LogP contribution in [0.4, 0.5) is 20.6 Å². The van der Waals surface area contributed by atoms with Gasteiger partial charge in [-0.1, -0.05) is 6.07 Å². The van der Waals surface area contributed by atoms with Gasteiger partial charge in [-0.2, -0.15) is 0 Å². The number of nitrogens with two attached hydrogens (primary N) is 1. The zero-order valence-electron chi connectivity index (χ0n) is 21.3. The van der Waals surface area contributed by atoms with Gasteiger partial charge in [0.15, 0.2) is 6.10 Å². The van der Waals surface area contributed by atoms with E-state index in [0.29, 0.717) is 42.8 Å². The average molecular weight is 535 g/mol. The van der Waals surface area contributed by atoms with Gasteiger partial charge in [0.25, 0.3) is 5.91 Å². The molecule has 2 aromatic carbocycles. The second-order valence-corrected chi connectivity index (χ2v) is 10.4. The summed E-state index contributed by atoms with van der Waals surface area (Å²) in [7, 11) is 0. The van der Waals surface area contributed by atoms with E-state index in [4.69, 9.17) is 10.5 Å². The number of carboxylic acid groups (broad SMARTS) is 1. The first-order valence-electron chi connectivity index (χ1n) is 12.9. The van der Waals surface area contributed by atoms with Crippen LogP contribution in [0.15, 0.2) is 35.3 Å². The van der Waals surface area contributed by atoms with Gasteiger partial charge in [0, 0.05) is 36.6 Å². The molecule has 2 fully saturated rings. The van der Waals surface area contributed by atoms with E-state index in [-0.39, 0.29) is 29.1 Å². The van der Waals surface area contributed by atoms with Gasteiger partial charge >= 0.3 is 12.1 Å². The summed E-state index contributed by atoms with van der Waals surface area (Å²) in [6, 6.07) is 7.31. The fourth-order valence-corrected chi connectivity index (χ4v) is 5.63. The third kappa shape index (κ3) is 4.18. The SMILES string of the molecule is Cc1c(F)c(N2CCCc3cc(N4C[C@H](C(N)=O)OC4=O)ccc3C2)cc2c1c(=O)c(C(=O)O)cn2C1CC1. The molecule has 0 bridgehead atoms. The maximum Gasteiger partial charge on any atom is 0.415 e. The number of benzene rings is 2. The Labute approximate surface area is 222 Å². The van der Waals surface area contributed by atoms with Crippen LogP contribution >= 0.6 is 0 Å². The topological polar surface area (TPSA) is 135 Å². The first kappa shape index (κ1) is 24.9. The molecule has 1 saturated carbocycles. The number of hydrogen-bond donors (Lipinski definition) is 2. The maximum atomic E-state index is 15.9. The van der Waals surface area contributed by atoms with E-state index >= 15 is 4.39 Å². The van der Waals surface area contributed by atoms with Crippen molar-refractivity contribution in [2.45, 2.75) is 51.3 Å². The lowest BCUT2D eigenvalue weighted by Crippen LogP contribution is -2.32. The Bertz CT molecular complexity index is 1630. The van der Waals surface area contributed by atoms with Gasteiger partial charge in [-0.05, 0) is 61.9 Å². The van der Waals surface area contributed by atoms with Crippen LogP contribution in [0.2, 0.25) is 0 Å². The molecule has 2 aliphatic heterocycles. The van der Waals surface area contributed by atoms with E-state index in [1.807, 2.05) is 21.6 Å². The fraction of sp³-hybridized carbons (Fsp3) is 0.357. The van der Waals surface area contributed by atoms with E-state index in [9.17, 15) is 24.3 Å². The third-order valence-electron chi connectivity index (χ3n) is 7.85. The number of aromatic nitrogens is 1. The zero-order chi connectivity index (χ0) is 27.6. The molecule has 11 heteroatoms. The summed E-state index contributed by atoms with van der Waals surface area (Å²) < 4.78 is 22.7. The minimum Gasteiger partial charge on any atom is -0.477 e. The number of amides is 2. The predicted octanol–water partition coefficient (Wildman–Crippen LogP) is 3.25. The van der Waals surface area contributed by atoms with Crippen LogP contribution in [-0.4, -0.2) is 46.8 Å². The summed E-state index contributed by atoms with van der Waals surface area (Å²) in [6.45, 7) is 2.54. The monoisotopic (exact) mass is 534 g/mol. The fourth-order valence-electron chi connectivity index (χ4n) is 5.63. The molecule has 39 heavy (non-hydrogen) atoms. The number of primary amides is 1. The van der Waals surface area contributed by atoms with Crippen LogP contribution in [0.3, 0.4) is 0 Å². The Morgan fingerprint density at radius 1 is 1.15 bits per heavy atom. The van der Waals surface area contributed by atoms with Crippen LogP contribution in [0, 0.1) is 12.7 Å². The smallest absolute Gasteiger partial charge is 0.415 e. The molecule has 1 aliphatic carbocycles. The Balaban J connectivity index is 1.38. The molecule has 0 unspecified atom stereocenters. The molecule has 1 aromatic heterocycles. The number of pyridine rings is 1. The number of carboxylic acids is 1. The van der Waals surface area contributed by atoms with Gasteiger partial charge in [-0.15, -0.1) is 0 Å². The minimum absolute atomic E-state index is 0.0486. The van der Waals surface area contributed by atoms with E-state index < -0.39 is 35.3 Å². The van der Waals surface area contributed by atoms with Crippen molar-refractivity contribution in [1.29, 1.82) is 0 Å². The molecular formula is C28H27FN4O6. The highest BCUT2D eigenvalue weighted by molar-refractivity contribution is 5.96. The van der Waals surface area contributed by atoms with E-state index in [1.54, 1.807) is 12.1 Å². The number of fused-ring (bicyclic) bond motifs is 2. The van der Waals surface area contributed by atoms with Crippen LogP contribution in [0.25, 0.3) is 10.9 Å². The number of hydrogen-bond acceptors (Lipinski definition) is 6. The Hall–Kier alpha value is -4.41. The summed E-state index contributed by atoms with van der Waals surface area (Å²) in [6.07, 6.45) is 2.91. The van der Waals surface area contributed by atoms with Crippen molar-refractivity contribution in [1.82, 2.24) is 4.57 Å². The highest BCUT2D eigenvalue weighted by Gasteiger charge is 2.36. The number of aryl methyl sites for hydroxylation is 2. The summed E-state index contributed by atoms with van der Waals surface area (Å²) in [5.41, 5.74) is 7.88. The normalized spacial score (nSPS) is 19.1. The first-order chi connectivity index (χ1) is 18.6. The molecule has 1 saturated heterocycles. The number of nitrogens with zero attached hydrogens (tertiary/aromatic N) is 3. The van der Waals surface area contributed by atoms with Gasteiger partial charge in [-0.3, -0.25) is 14.5 Å². The quantitative estimate of drug-likeness (QED) is 0.513. The Morgan fingerprint density at radius 2 is 1.92 bits per heavy atom. The number of cyclic esters (lactones) is 1. The number of aromatic carboxylic acids is 1. The molecule has 3 aromatic rings. The second-order valence-electron chi connectivity index (χ2n) is 10.4. The number of halogens is 1. The average Bonchev–Trinajstić information content (AvgIpc) is 3.69. The van der Waals surface area contributed by atoms with Crippen LogP contribution in [-0.2, 0) is 22.5 Å². The highest BCUT2D eigenvalue weighted by atomic mass is 19.1. The lowest BCUT2D eigenvalue weighted by Gasteiger charge is -2.26. The number of carbonyl (C=O) groups excluding carboxylic acids is 2. The van der Waals surface area contributed by atoms with Crippen molar-refractivity contribution >= 4 is 40.2 Å². The van der Waals surface area contributed by atoms with Crippen molar-refractivity contribution in [3.8, 4) is 0 Å².